The fourth-order valence-corrected chi connectivity index (χ4v) is 1.55. The van der Waals surface area contributed by atoms with Crippen LogP contribution in [0.1, 0.15) is 40.0 Å². The number of ether oxygens (including phenoxy) is 3. The second kappa shape index (κ2) is 9.60. The molecule has 1 atom stereocenters. The summed E-state index contributed by atoms with van der Waals surface area (Å²) in [5.74, 6) is -0.565. The molecule has 0 spiro atoms. The van der Waals surface area contributed by atoms with Gasteiger partial charge in [0.25, 0.3) is 0 Å². The lowest BCUT2D eigenvalue weighted by Gasteiger charge is -2.24. The Morgan fingerprint density at radius 3 is 2.06 bits per heavy atom. The normalized spacial score (nSPS) is 12.8. The highest BCUT2D eigenvalue weighted by molar-refractivity contribution is 5.72. The molecule has 96 valence electrons. The number of esters is 1. The van der Waals surface area contributed by atoms with Crippen molar-refractivity contribution < 1.29 is 19.0 Å². The van der Waals surface area contributed by atoms with Gasteiger partial charge < -0.3 is 14.2 Å². The van der Waals surface area contributed by atoms with E-state index in [0.29, 0.717) is 13.2 Å². The smallest absolute Gasteiger partial charge is 0.313 e. The lowest BCUT2D eigenvalue weighted by Crippen LogP contribution is -2.34. The van der Waals surface area contributed by atoms with Crippen LogP contribution in [0.25, 0.3) is 0 Å². The van der Waals surface area contributed by atoms with Crippen LogP contribution in [0.4, 0.5) is 0 Å². The summed E-state index contributed by atoms with van der Waals surface area (Å²) < 4.78 is 15.7. The molecule has 0 fully saturated rings. The van der Waals surface area contributed by atoms with Crippen molar-refractivity contribution in [3.8, 4) is 0 Å². The Bertz CT molecular complexity index is 176. The second-order valence-electron chi connectivity index (χ2n) is 3.55. The van der Waals surface area contributed by atoms with Crippen LogP contribution in [-0.4, -0.2) is 32.6 Å². The molecule has 0 saturated heterocycles. The van der Waals surface area contributed by atoms with Crippen molar-refractivity contribution in [1.29, 1.82) is 0 Å². The van der Waals surface area contributed by atoms with E-state index in [1.54, 1.807) is 0 Å². The minimum Gasteiger partial charge on any atom is -0.469 e. The lowest BCUT2D eigenvalue weighted by molar-refractivity contribution is -0.188. The first kappa shape index (κ1) is 15.4. The summed E-state index contributed by atoms with van der Waals surface area (Å²) in [6.45, 7) is 6.93. The number of carbonyl (C=O) groups is 1. The molecule has 0 aromatic rings. The standard InChI is InChI=1S/C12H24O4/c1-5-8-9-10(11(13)14-4)12(15-6-2)16-7-3/h10,12H,5-9H2,1-4H3. The first-order chi connectivity index (χ1) is 7.71. The number of carbonyl (C=O) groups excluding carboxylic acids is 1. The van der Waals surface area contributed by atoms with Gasteiger partial charge in [-0.3, -0.25) is 4.79 Å². The van der Waals surface area contributed by atoms with Crippen LogP contribution in [0.5, 0.6) is 0 Å². The number of hydrogen-bond donors (Lipinski definition) is 0. The predicted octanol–water partition coefficient (Wildman–Crippen LogP) is 2.36. The van der Waals surface area contributed by atoms with Crippen LogP contribution < -0.4 is 0 Å². The highest BCUT2D eigenvalue weighted by Gasteiger charge is 2.29. The van der Waals surface area contributed by atoms with Crippen molar-refractivity contribution in [2.75, 3.05) is 20.3 Å². The van der Waals surface area contributed by atoms with E-state index >= 15 is 0 Å². The molecule has 0 heterocycles. The summed E-state index contributed by atoms with van der Waals surface area (Å²) in [5, 5.41) is 0. The SMILES string of the molecule is CCCCC(C(=O)OC)C(OCC)OCC. The average Bonchev–Trinajstić information content (AvgIpc) is 2.29. The van der Waals surface area contributed by atoms with E-state index in [-0.39, 0.29) is 11.9 Å². The summed E-state index contributed by atoms with van der Waals surface area (Å²) in [7, 11) is 1.40. The summed E-state index contributed by atoms with van der Waals surface area (Å²) in [6.07, 6.45) is 2.27. The summed E-state index contributed by atoms with van der Waals surface area (Å²) in [4.78, 5) is 11.6. The Kier molecular flexibility index (Phi) is 9.24. The largest absolute Gasteiger partial charge is 0.469 e. The second-order valence-corrected chi connectivity index (χ2v) is 3.55. The molecule has 4 heteroatoms. The van der Waals surface area contributed by atoms with Gasteiger partial charge in [-0.15, -0.1) is 0 Å². The van der Waals surface area contributed by atoms with Crippen LogP contribution in [0.2, 0.25) is 0 Å². The van der Waals surface area contributed by atoms with Gasteiger partial charge >= 0.3 is 5.97 Å². The molecule has 0 aromatic carbocycles. The molecule has 4 nitrogen and oxygen atoms in total. The Morgan fingerprint density at radius 1 is 1.12 bits per heavy atom. The highest BCUT2D eigenvalue weighted by Crippen LogP contribution is 2.18. The maximum absolute atomic E-state index is 11.6. The van der Waals surface area contributed by atoms with E-state index < -0.39 is 6.29 Å². The Morgan fingerprint density at radius 2 is 1.69 bits per heavy atom. The van der Waals surface area contributed by atoms with Crippen LogP contribution in [0, 0.1) is 5.92 Å². The molecule has 0 saturated carbocycles. The van der Waals surface area contributed by atoms with Gasteiger partial charge in [-0.05, 0) is 20.3 Å². The molecular formula is C12H24O4. The molecule has 0 rings (SSSR count). The van der Waals surface area contributed by atoms with Crippen molar-refractivity contribution in [2.45, 2.75) is 46.3 Å². The van der Waals surface area contributed by atoms with Gasteiger partial charge in [0, 0.05) is 13.2 Å². The van der Waals surface area contributed by atoms with Crippen molar-refractivity contribution in [1.82, 2.24) is 0 Å². The Hall–Kier alpha value is -0.610. The van der Waals surface area contributed by atoms with Crippen LogP contribution in [0.3, 0.4) is 0 Å². The Labute approximate surface area is 98.3 Å². The predicted molar refractivity (Wildman–Crippen MR) is 62.1 cm³/mol. The number of unbranched alkanes of at least 4 members (excludes halogenated alkanes) is 1. The van der Waals surface area contributed by atoms with Gasteiger partial charge in [0.2, 0.25) is 0 Å². The molecule has 0 radical (unpaired) electrons. The number of methoxy groups -OCH3 is 1. The van der Waals surface area contributed by atoms with Gasteiger partial charge in [-0.2, -0.15) is 0 Å². The van der Waals surface area contributed by atoms with Crippen LogP contribution in [-0.2, 0) is 19.0 Å². The minimum absolute atomic E-state index is 0.250. The van der Waals surface area contributed by atoms with Gasteiger partial charge in [-0.25, -0.2) is 0 Å². The van der Waals surface area contributed by atoms with Gasteiger partial charge in [0.05, 0.1) is 7.11 Å². The fraction of sp³-hybridized carbons (Fsp3) is 0.917. The lowest BCUT2D eigenvalue weighted by atomic mass is 10.0. The molecule has 0 amide bonds. The quantitative estimate of drug-likeness (QED) is 0.452. The van der Waals surface area contributed by atoms with Crippen LogP contribution in [0.15, 0.2) is 0 Å². The molecule has 16 heavy (non-hydrogen) atoms. The highest BCUT2D eigenvalue weighted by atomic mass is 16.7. The van der Waals surface area contributed by atoms with Crippen molar-refractivity contribution in [2.24, 2.45) is 5.92 Å². The summed E-state index contributed by atoms with van der Waals surface area (Å²) in [6, 6.07) is 0. The van der Waals surface area contributed by atoms with E-state index in [1.807, 2.05) is 13.8 Å². The van der Waals surface area contributed by atoms with Gasteiger partial charge in [0.15, 0.2) is 6.29 Å². The fourth-order valence-electron chi connectivity index (χ4n) is 1.55. The third-order valence-electron chi connectivity index (χ3n) is 2.36. The molecule has 1 unspecified atom stereocenters. The maximum atomic E-state index is 11.6. The molecule has 0 aliphatic rings. The third-order valence-corrected chi connectivity index (χ3v) is 2.36. The van der Waals surface area contributed by atoms with Crippen molar-refractivity contribution in [3.63, 3.8) is 0 Å². The number of hydrogen-bond acceptors (Lipinski definition) is 4. The van der Waals surface area contributed by atoms with Crippen molar-refractivity contribution >= 4 is 5.97 Å². The van der Waals surface area contributed by atoms with Crippen molar-refractivity contribution in [3.05, 3.63) is 0 Å². The maximum Gasteiger partial charge on any atom is 0.313 e. The summed E-state index contributed by atoms with van der Waals surface area (Å²) in [5.41, 5.74) is 0. The topological polar surface area (TPSA) is 44.8 Å². The molecule has 0 bridgehead atoms. The number of rotatable bonds is 9. The first-order valence-corrected chi connectivity index (χ1v) is 6.02. The third kappa shape index (κ3) is 5.47. The van der Waals surface area contributed by atoms with E-state index in [0.717, 1.165) is 19.3 Å². The summed E-state index contributed by atoms with van der Waals surface area (Å²) >= 11 is 0. The van der Waals surface area contributed by atoms with Gasteiger partial charge in [-0.1, -0.05) is 19.8 Å². The average molecular weight is 232 g/mol. The molecule has 0 aliphatic carbocycles. The monoisotopic (exact) mass is 232 g/mol. The zero-order valence-corrected chi connectivity index (χ0v) is 10.8. The van der Waals surface area contributed by atoms with Gasteiger partial charge in [0.1, 0.15) is 5.92 Å². The van der Waals surface area contributed by atoms with E-state index in [2.05, 4.69) is 6.92 Å². The zero-order valence-electron chi connectivity index (χ0n) is 10.8. The minimum atomic E-state index is -0.478. The molecule has 0 aliphatic heterocycles. The van der Waals surface area contributed by atoms with Crippen LogP contribution >= 0.6 is 0 Å². The zero-order chi connectivity index (χ0) is 12.4. The molecule has 0 N–H and O–H groups in total. The van der Waals surface area contributed by atoms with E-state index in [4.69, 9.17) is 14.2 Å². The molecular weight excluding hydrogens is 208 g/mol. The first-order valence-electron chi connectivity index (χ1n) is 6.02. The van der Waals surface area contributed by atoms with E-state index in [1.165, 1.54) is 7.11 Å². The van der Waals surface area contributed by atoms with E-state index in [9.17, 15) is 4.79 Å². The Balaban J connectivity index is 4.45. The molecule has 0 aromatic heterocycles.